The van der Waals surface area contributed by atoms with Crippen LogP contribution in [0.5, 0.6) is 0 Å². The van der Waals surface area contributed by atoms with Gasteiger partial charge in [-0.3, -0.25) is 9.80 Å². The van der Waals surface area contributed by atoms with Gasteiger partial charge in [0.15, 0.2) is 0 Å². The van der Waals surface area contributed by atoms with Crippen molar-refractivity contribution >= 4 is 0 Å². The van der Waals surface area contributed by atoms with Crippen LogP contribution in [0.1, 0.15) is 42.1 Å². The summed E-state index contributed by atoms with van der Waals surface area (Å²) >= 11 is 0. The molecule has 1 fully saturated rings. The molecule has 2 nitrogen and oxygen atoms in total. The van der Waals surface area contributed by atoms with Gasteiger partial charge >= 0.3 is 0 Å². The molecule has 0 aromatic heterocycles. The highest BCUT2D eigenvalue weighted by Crippen LogP contribution is 2.30. The molecule has 0 N–H and O–H groups in total. The molecule has 0 radical (unpaired) electrons. The monoisotopic (exact) mass is 322 g/mol. The Hall–Kier alpha value is -1.64. The molecule has 0 aliphatic carbocycles. The van der Waals surface area contributed by atoms with Gasteiger partial charge in [0.05, 0.1) is 6.04 Å². The summed E-state index contributed by atoms with van der Waals surface area (Å²) in [7, 11) is 0. The van der Waals surface area contributed by atoms with Crippen molar-refractivity contribution in [1.29, 1.82) is 0 Å². The lowest BCUT2D eigenvalue weighted by molar-refractivity contribution is 0.0892. The minimum absolute atomic E-state index is 0.362. The van der Waals surface area contributed by atoms with Crippen molar-refractivity contribution < 1.29 is 0 Å². The zero-order chi connectivity index (χ0) is 17.1. The summed E-state index contributed by atoms with van der Waals surface area (Å²) in [6.07, 6.45) is 0. The molecule has 0 unspecified atom stereocenters. The third-order valence-electron chi connectivity index (χ3n) is 5.23. The van der Waals surface area contributed by atoms with Gasteiger partial charge in [0.1, 0.15) is 0 Å². The lowest BCUT2D eigenvalue weighted by atomic mass is 9.95. The van der Waals surface area contributed by atoms with Gasteiger partial charge in [0, 0.05) is 32.2 Å². The molecular weight excluding hydrogens is 292 g/mol. The highest BCUT2D eigenvalue weighted by atomic mass is 15.3. The van der Waals surface area contributed by atoms with Crippen molar-refractivity contribution in [3.05, 3.63) is 70.8 Å². The highest BCUT2D eigenvalue weighted by Gasteiger charge is 2.27. The van der Waals surface area contributed by atoms with E-state index in [0.717, 1.165) is 26.2 Å². The van der Waals surface area contributed by atoms with Crippen LogP contribution in [0.15, 0.2) is 48.5 Å². The predicted molar refractivity (Wildman–Crippen MR) is 102 cm³/mol. The number of hydrogen-bond acceptors (Lipinski definition) is 2. The number of aryl methyl sites for hydroxylation is 2. The third-order valence-corrected chi connectivity index (χ3v) is 5.23. The van der Waals surface area contributed by atoms with Crippen LogP contribution in [0.2, 0.25) is 0 Å². The summed E-state index contributed by atoms with van der Waals surface area (Å²) in [5.41, 5.74) is 5.46. The fraction of sp³-hybridized carbons (Fsp3) is 0.455. The van der Waals surface area contributed by atoms with E-state index >= 15 is 0 Å². The molecule has 2 aromatic rings. The van der Waals surface area contributed by atoms with E-state index < -0.39 is 0 Å². The Balaban J connectivity index is 1.88. The Kier molecular flexibility index (Phi) is 5.37. The summed E-state index contributed by atoms with van der Waals surface area (Å²) in [6, 6.07) is 19.2. The molecule has 0 amide bonds. The normalized spacial score (nSPS) is 16.9. The van der Waals surface area contributed by atoms with Gasteiger partial charge in [-0.2, -0.15) is 0 Å². The maximum absolute atomic E-state index is 2.65. The molecule has 128 valence electrons. The summed E-state index contributed by atoms with van der Waals surface area (Å²) < 4.78 is 0. The Labute approximate surface area is 147 Å². The van der Waals surface area contributed by atoms with Crippen LogP contribution in [-0.2, 0) is 0 Å². The maximum Gasteiger partial charge on any atom is 0.0602 e. The van der Waals surface area contributed by atoms with Gasteiger partial charge in [-0.1, -0.05) is 59.7 Å². The molecule has 0 atom stereocenters. The summed E-state index contributed by atoms with van der Waals surface area (Å²) in [5, 5.41) is 0. The Morgan fingerprint density at radius 1 is 0.625 bits per heavy atom. The van der Waals surface area contributed by atoms with Crippen LogP contribution >= 0.6 is 0 Å². The second-order valence-electron chi connectivity index (χ2n) is 7.39. The molecular formula is C22H30N2. The lowest BCUT2D eigenvalue weighted by Gasteiger charge is -2.41. The van der Waals surface area contributed by atoms with Crippen LogP contribution in [0.4, 0.5) is 0 Å². The van der Waals surface area contributed by atoms with Gasteiger partial charge in [-0.15, -0.1) is 0 Å². The minimum Gasteiger partial charge on any atom is -0.298 e. The molecule has 1 saturated heterocycles. The smallest absolute Gasteiger partial charge is 0.0602 e. The first-order valence-corrected chi connectivity index (χ1v) is 9.16. The van der Waals surface area contributed by atoms with Crippen LogP contribution in [-0.4, -0.2) is 42.0 Å². The van der Waals surface area contributed by atoms with Gasteiger partial charge in [-0.05, 0) is 38.8 Å². The molecule has 24 heavy (non-hydrogen) atoms. The standard InChI is InChI=1S/C22H30N2/c1-17(2)23-13-15-24(16-14-23)22(20-9-5-18(3)6-10-20)21-11-7-19(4)8-12-21/h5-12,17,22H,13-16H2,1-4H3. The molecule has 1 heterocycles. The zero-order valence-electron chi connectivity index (χ0n) is 15.5. The fourth-order valence-corrected chi connectivity index (χ4v) is 3.62. The van der Waals surface area contributed by atoms with Gasteiger partial charge < -0.3 is 0 Å². The van der Waals surface area contributed by atoms with Crippen molar-refractivity contribution in [2.24, 2.45) is 0 Å². The summed E-state index contributed by atoms with van der Waals surface area (Å²) in [4.78, 5) is 5.23. The lowest BCUT2D eigenvalue weighted by Crippen LogP contribution is -2.49. The average molecular weight is 322 g/mol. The van der Waals surface area contributed by atoms with Crippen molar-refractivity contribution in [3.63, 3.8) is 0 Å². The highest BCUT2D eigenvalue weighted by molar-refractivity contribution is 5.35. The molecule has 2 aromatic carbocycles. The number of piperazine rings is 1. The Morgan fingerprint density at radius 3 is 1.38 bits per heavy atom. The third kappa shape index (κ3) is 3.88. The first kappa shape index (κ1) is 17.2. The molecule has 0 spiro atoms. The molecule has 3 rings (SSSR count). The van der Waals surface area contributed by atoms with Gasteiger partial charge in [0.25, 0.3) is 0 Å². The average Bonchev–Trinajstić information content (AvgIpc) is 2.59. The number of hydrogen-bond donors (Lipinski definition) is 0. The molecule has 0 bridgehead atoms. The van der Waals surface area contributed by atoms with Crippen molar-refractivity contribution in [2.75, 3.05) is 26.2 Å². The van der Waals surface area contributed by atoms with Crippen LogP contribution in [0, 0.1) is 13.8 Å². The van der Waals surface area contributed by atoms with Crippen LogP contribution < -0.4 is 0 Å². The maximum atomic E-state index is 2.65. The molecule has 2 heteroatoms. The van der Waals surface area contributed by atoms with E-state index in [-0.39, 0.29) is 0 Å². The fourth-order valence-electron chi connectivity index (χ4n) is 3.62. The van der Waals surface area contributed by atoms with Gasteiger partial charge in [-0.25, -0.2) is 0 Å². The second-order valence-corrected chi connectivity index (χ2v) is 7.39. The number of benzene rings is 2. The largest absolute Gasteiger partial charge is 0.298 e. The van der Waals surface area contributed by atoms with Crippen molar-refractivity contribution in [1.82, 2.24) is 9.80 Å². The predicted octanol–water partition coefficient (Wildman–Crippen LogP) is 4.42. The summed E-state index contributed by atoms with van der Waals surface area (Å²) in [5.74, 6) is 0. The molecule has 1 aliphatic heterocycles. The van der Waals surface area contributed by atoms with E-state index in [1.807, 2.05) is 0 Å². The van der Waals surface area contributed by atoms with Crippen molar-refractivity contribution in [3.8, 4) is 0 Å². The molecule has 1 aliphatic rings. The SMILES string of the molecule is Cc1ccc(C(c2ccc(C)cc2)N2CCN(C(C)C)CC2)cc1. The van der Waals surface area contributed by atoms with Crippen LogP contribution in [0.3, 0.4) is 0 Å². The zero-order valence-corrected chi connectivity index (χ0v) is 15.5. The first-order valence-electron chi connectivity index (χ1n) is 9.16. The van der Waals surface area contributed by atoms with Gasteiger partial charge in [0.2, 0.25) is 0 Å². The first-order chi connectivity index (χ1) is 11.5. The minimum atomic E-state index is 0.362. The van der Waals surface area contributed by atoms with E-state index in [9.17, 15) is 0 Å². The van der Waals surface area contributed by atoms with E-state index in [4.69, 9.17) is 0 Å². The van der Waals surface area contributed by atoms with Crippen LogP contribution in [0.25, 0.3) is 0 Å². The van der Waals surface area contributed by atoms with E-state index in [1.54, 1.807) is 0 Å². The van der Waals surface area contributed by atoms with E-state index in [1.165, 1.54) is 22.3 Å². The summed E-state index contributed by atoms with van der Waals surface area (Å²) in [6.45, 7) is 13.5. The topological polar surface area (TPSA) is 6.48 Å². The van der Waals surface area contributed by atoms with E-state index in [0.29, 0.717) is 12.1 Å². The number of rotatable bonds is 4. The Bertz CT molecular complexity index is 589. The van der Waals surface area contributed by atoms with Crippen molar-refractivity contribution in [2.45, 2.75) is 39.8 Å². The van der Waals surface area contributed by atoms with E-state index in [2.05, 4.69) is 86.0 Å². The second kappa shape index (κ2) is 7.50. The quantitative estimate of drug-likeness (QED) is 0.822. The molecule has 0 saturated carbocycles. The number of nitrogens with zero attached hydrogens (tertiary/aromatic N) is 2. The Morgan fingerprint density at radius 2 is 1.00 bits per heavy atom.